The van der Waals surface area contributed by atoms with Crippen LogP contribution in [-0.2, 0) is 24.3 Å². The van der Waals surface area contributed by atoms with Crippen molar-refractivity contribution >= 4 is 5.91 Å². The Hall–Kier alpha value is -3.19. The molecule has 1 saturated heterocycles. The number of para-hydroxylation sites is 1. The maximum absolute atomic E-state index is 13.0. The summed E-state index contributed by atoms with van der Waals surface area (Å²) in [5, 5.41) is 0. The Morgan fingerprint density at radius 1 is 0.946 bits per heavy atom. The van der Waals surface area contributed by atoms with E-state index >= 15 is 0 Å². The molecule has 0 N–H and O–H groups in total. The van der Waals surface area contributed by atoms with Gasteiger partial charge in [-0.2, -0.15) is 0 Å². The van der Waals surface area contributed by atoms with Crippen LogP contribution in [0.1, 0.15) is 49.7 Å². The minimum Gasteiger partial charge on any atom is -0.492 e. The van der Waals surface area contributed by atoms with Crippen molar-refractivity contribution in [2.45, 2.75) is 58.0 Å². The van der Waals surface area contributed by atoms with E-state index in [1.54, 1.807) is 12.5 Å². The van der Waals surface area contributed by atoms with Crippen molar-refractivity contribution in [2.75, 3.05) is 32.8 Å². The van der Waals surface area contributed by atoms with Crippen molar-refractivity contribution in [1.29, 1.82) is 0 Å². The summed E-state index contributed by atoms with van der Waals surface area (Å²) >= 11 is 0. The van der Waals surface area contributed by atoms with Crippen molar-refractivity contribution in [3.05, 3.63) is 78.6 Å². The lowest BCUT2D eigenvalue weighted by Gasteiger charge is -2.45. The number of ether oxygens (including phenoxy) is 1. The summed E-state index contributed by atoms with van der Waals surface area (Å²) in [5.74, 6) is 1.29. The van der Waals surface area contributed by atoms with E-state index in [-0.39, 0.29) is 11.3 Å². The molecule has 0 aliphatic carbocycles. The number of imidazole rings is 1. The Morgan fingerprint density at radius 2 is 1.78 bits per heavy atom. The highest BCUT2D eigenvalue weighted by Gasteiger charge is 2.37. The van der Waals surface area contributed by atoms with Crippen LogP contribution in [0.3, 0.4) is 0 Å². The van der Waals surface area contributed by atoms with E-state index in [4.69, 9.17) is 4.74 Å². The van der Waals surface area contributed by atoms with Gasteiger partial charge in [0.1, 0.15) is 12.4 Å². The molecule has 2 aliphatic heterocycles. The minimum absolute atomic E-state index is 0.229. The Bertz CT molecular complexity index is 1110. The predicted molar refractivity (Wildman–Crippen MR) is 144 cm³/mol. The standard InChI is InChI=1S/C30H39N5O2/c36-29(10-17-33-20-16-32-25-33)35-18-12-30(13-19-35)11-4-3-6-27-5-1-2-7-28(27)37-22-21-34(24-30)23-26-8-14-31-15-9-26/h1-2,5,7-9,14-16,20,25H,3-4,6,10-13,17-19,21-24H2. The number of amides is 1. The minimum atomic E-state index is 0.229. The van der Waals surface area contributed by atoms with E-state index in [2.05, 4.69) is 56.2 Å². The van der Waals surface area contributed by atoms with Crippen LogP contribution in [0.15, 0.2) is 67.5 Å². The molecule has 7 heteroatoms. The van der Waals surface area contributed by atoms with Gasteiger partial charge in [-0.1, -0.05) is 24.6 Å². The van der Waals surface area contributed by atoms with Crippen molar-refractivity contribution < 1.29 is 9.53 Å². The molecule has 2 aromatic heterocycles. The third-order valence-corrected chi connectivity index (χ3v) is 8.08. The van der Waals surface area contributed by atoms with Crippen LogP contribution < -0.4 is 4.74 Å². The molecule has 4 heterocycles. The van der Waals surface area contributed by atoms with Crippen molar-refractivity contribution in [3.8, 4) is 5.75 Å². The molecule has 1 amide bonds. The third-order valence-electron chi connectivity index (χ3n) is 8.08. The predicted octanol–water partition coefficient (Wildman–Crippen LogP) is 4.58. The van der Waals surface area contributed by atoms with Gasteiger partial charge in [0.2, 0.25) is 5.91 Å². The zero-order valence-corrected chi connectivity index (χ0v) is 21.8. The van der Waals surface area contributed by atoms with Gasteiger partial charge in [-0.15, -0.1) is 0 Å². The topological polar surface area (TPSA) is 63.5 Å². The fraction of sp³-hybridized carbons (Fsp3) is 0.500. The second-order valence-electron chi connectivity index (χ2n) is 10.7. The largest absolute Gasteiger partial charge is 0.492 e. The van der Waals surface area contributed by atoms with Gasteiger partial charge in [-0.05, 0) is 66.8 Å². The summed E-state index contributed by atoms with van der Waals surface area (Å²) in [5.41, 5.74) is 2.83. The van der Waals surface area contributed by atoms with Crippen LogP contribution in [-0.4, -0.2) is 63.0 Å². The number of benzene rings is 1. The number of carbonyl (C=O) groups excluding carboxylic acids is 1. The molecule has 3 aromatic rings. The first kappa shape index (κ1) is 25.5. The molecule has 1 aromatic carbocycles. The molecule has 37 heavy (non-hydrogen) atoms. The summed E-state index contributed by atoms with van der Waals surface area (Å²) in [6.07, 6.45) is 16.5. The average Bonchev–Trinajstić information content (AvgIpc) is 3.45. The van der Waals surface area contributed by atoms with Crippen LogP contribution in [0, 0.1) is 5.41 Å². The van der Waals surface area contributed by atoms with Gasteiger partial charge in [0.05, 0.1) is 6.33 Å². The fourth-order valence-electron chi connectivity index (χ4n) is 5.91. The summed E-state index contributed by atoms with van der Waals surface area (Å²) in [6, 6.07) is 12.7. The van der Waals surface area contributed by atoms with Crippen LogP contribution in [0.5, 0.6) is 5.75 Å². The zero-order chi connectivity index (χ0) is 25.3. The number of rotatable bonds is 5. The maximum atomic E-state index is 13.0. The third kappa shape index (κ3) is 6.98. The first-order chi connectivity index (χ1) is 18.2. The SMILES string of the molecule is O=C(CCn1ccnc1)N1CCC2(CCCCc3ccccc3OCCN(Cc3ccncc3)C2)CC1. The molecule has 1 spiro atoms. The van der Waals surface area contributed by atoms with Gasteiger partial charge >= 0.3 is 0 Å². The lowest BCUT2D eigenvalue weighted by atomic mass is 9.73. The highest BCUT2D eigenvalue weighted by Crippen LogP contribution is 2.39. The lowest BCUT2D eigenvalue weighted by Crippen LogP contribution is -2.48. The van der Waals surface area contributed by atoms with Crippen LogP contribution in [0.4, 0.5) is 0 Å². The molecule has 5 rings (SSSR count). The Morgan fingerprint density at radius 3 is 2.59 bits per heavy atom. The summed E-state index contributed by atoms with van der Waals surface area (Å²) in [4.78, 5) is 25.9. The zero-order valence-electron chi connectivity index (χ0n) is 21.8. The van der Waals surface area contributed by atoms with Gasteiger partial charge in [-0.25, -0.2) is 4.98 Å². The van der Waals surface area contributed by atoms with Crippen molar-refractivity contribution in [1.82, 2.24) is 24.3 Å². The number of fused-ring (bicyclic) bond motifs is 1. The molecular formula is C30H39N5O2. The average molecular weight is 502 g/mol. The summed E-state index contributed by atoms with van der Waals surface area (Å²) < 4.78 is 8.28. The summed E-state index contributed by atoms with van der Waals surface area (Å²) in [6.45, 7) is 5.89. The van der Waals surface area contributed by atoms with E-state index in [0.29, 0.717) is 19.6 Å². The number of hydrogen-bond donors (Lipinski definition) is 0. The number of aromatic nitrogens is 3. The van der Waals surface area contributed by atoms with E-state index in [1.165, 1.54) is 30.4 Å². The molecular weight excluding hydrogens is 462 g/mol. The van der Waals surface area contributed by atoms with Gasteiger partial charge in [0, 0.05) is 70.5 Å². The molecule has 0 bridgehead atoms. The van der Waals surface area contributed by atoms with Gasteiger partial charge < -0.3 is 14.2 Å². The van der Waals surface area contributed by atoms with Crippen molar-refractivity contribution in [2.24, 2.45) is 5.41 Å². The van der Waals surface area contributed by atoms with Crippen LogP contribution in [0.25, 0.3) is 0 Å². The first-order valence-corrected chi connectivity index (χ1v) is 13.7. The Labute approximate surface area is 220 Å². The van der Waals surface area contributed by atoms with E-state index in [9.17, 15) is 4.79 Å². The molecule has 196 valence electrons. The maximum Gasteiger partial charge on any atom is 0.224 e. The number of pyridine rings is 1. The first-order valence-electron chi connectivity index (χ1n) is 13.7. The molecule has 1 fully saturated rings. The normalized spacial score (nSPS) is 18.9. The monoisotopic (exact) mass is 501 g/mol. The van der Waals surface area contributed by atoms with Gasteiger partial charge in [-0.3, -0.25) is 14.7 Å². The van der Waals surface area contributed by atoms with Crippen molar-refractivity contribution in [3.63, 3.8) is 0 Å². The number of nitrogens with zero attached hydrogens (tertiary/aromatic N) is 5. The second-order valence-corrected chi connectivity index (χ2v) is 10.7. The Kier molecular flexibility index (Phi) is 8.51. The molecule has 7 nitrogen and oxygen atoms in total. The number of hydrogen-bond acceptors (Lipinski definition) is 5. The highest BCUT2D eigenvalue weighted by molar-refractivity contribution is 5.76. The summed E-state index contributed by atoms with van der Waals surface area (Å²) in [7, 11) is 0. The van der Waals surface area contributed by atoms with E-state index < -0.39 is 0 Å². The number of aryl methyl sites for hydroxylation is 2. The van der Waals surface area contributed by atoms with Gasteiger partial charge in [0.15, 0.2) is 0 Å². The van der Waals surface area contributed by atoms with Crippen LogP contribution in [0.2, 0.25) is 0 Å². The number of piperidine rings is 1. The second kappa shape index (κ2) is 12.4. The van der Waals surface area contributed by atoms with E-state index in [1.807, 2.05) is 23.2 Å². The highest BCUT2D eigenvalue weighted by atomic mass is 16.5. The smallest absolute Gasteiger partial charge is 0.224 e. The lowest BCUT2D eigenvalue weighted by molar-refractivity contribution is -0.134. The van der Waals surface area contributed by atoms with E-state index in [0.717, 1.165) is 57.7 Å². The quantitative estimate of drug-likeness (QED) is 0.512. The number of carbonyl (C=O) groups is 1. The molecule has 2 aliphatic rings. The fourth-order valence-corrected chi connectivity index (χ4v) is 5.91. The van der Waals surface area contributed by atoms with Gasteiger partial charge in [0.25, 0.3) is 0 Å². The van der Waals surface area contributed by atoms with Crippen LogP contribution >= 0.6 is 0 Å². The molecule has 0 unspecified atom stereocenters. The molecule has 0 radical (unpaired) electrons. The molecule has 0 atom stereocenters. The Balaban J connectivity index is 1.27. The number of likely N-dealkylation sites (tertiary alicyclic amines) is 1. The molecule has 0 saturated carbocycles.